The normalized spacial score (nSPS) is 11.2. The number of hydrogen-bond donors (Lipinski definition) is 0. The number of thiophene rings is 1. The van der Waals surface area contributed by atoms with E-state index in [-0.39, 0.29) is 5.56 Å². The third-order valence-electron chi connectivity index (χ3n) is 3.38. The first kappa shape index (κ1) is 11.4. The SMILES string of the molecule is O=c1c2ccccc2cnn1-c1ccc2ccsc2c1. The van der Waals surface area contributed by atoms with E-state index < -0.39 is 0 Å². The van der Waals surface area contributed by atoms with E-state index in [1.54, 1.807) is 17.5 Å². The molecule has 0 atom stereocenters. The lowest BCUT2D eigenvalue weighted by atomic mass is 10.2. The minimum absolute atomic E-state index is 0.0843. The third-order valence-corrected chi connectivity index (χ3v) is 4.26. The maximum atomic E-state index is 12.5. The Morgan fingerprint density at radius 1 is 1.00 bits per heavy atom. The molecule has 0 spiro atoms. The van der Waals surface area contributed by atoms with E-state index in [1.807, 2.05) is 47.8 Å². The van der Waals surface area contributed by atoms with Gasteiger partial charge < -0.3 is 0 Å². The molecule has 0 N–H and O–H groups in total. The van der Waals surface area contributed by atoms with Gasteiger partial charge in [-0.25, -0.2) is 0 Å². The molecule has 0 aliphatic heterocycles. The maximum absolute atomic E-state index is 12.5. The summed E-state index contributed by atoms with van der Waals surface area (Å²) in [4.78, 5) is 12.5. The van der Waals surface area contributed by atoms with Crippen LogP contribution in [0.3, 0.4) is 0 Å². The number of benzene rings is 2. The van der Waals surface area contributed by atoms with Gasteiger partial charge in [0.25, 0.3) is 5.56 Å². The molecule has 0 unspecified atom stereocenters. The van der Waals surface area contributed by atoms with Crippen LogP contribution < -0.4 is 5.56 Å². The molecule has 4 rings (SSSR count). The summed E-state index contributed by atoms with van der Waals surface area (Å²) in [7, 11) is 0. The Morgan fingerprint density at radius 2 is 1.90 bits per heavy atom. The van der Waals surface area contributed by atoms with Crippen molar-refractivity contribution in [3.63, 3.8) is 0 Å². The van der Waals surface area contributed by atoms with Gasteiger partial charge in [0.2, 0.25) is 0 Å². The van der Waals surface area contributed by atoms with Gasteiger partial charge >= 0.3 is 0 Å². The molecule has 2 aromatic heterocycles. The van der Waals surface area contributed by atoms with Gasteiger partial charge in [0.05, 0.1) is 17.3 Å². The molecule has 0 fully saturated rings. The topological polar surface area (TPSA) is 34.9 Å². The highest BCUT2D eigenvalue weighted by atomic mass is 32.1. The zero-order chi connectivity index (χ0) is 13.5. The van der Waals surface area contributed by atoms with E-state index in [1.165, 1.54) is 10.1 Å². The minimum Gasteiger partial charge on any atom is -0.267 e. The molecule has 2 heterocycles. The van der Waals surface area contributed by atoms with Crippen LogP contribution in [0.2, 0.25) is 0 Å². The predicted molar refractivity (Wildman–Crippen MR) is 82.7 cm³/mol. The second-order valence-electron chi connectivity index (χ2n) is 4.59. The lowest BCUT2D eigenvalue weighted by molar-refractivity contribution is 0.822. The Labute approximate surface area is 118 Å². The van der Waals surface area contributed by atoms with Crippen LogP contribution in [0.5, 0.6) is 0 Å². The molecule has 2 aromatic carbocycles. The van der Waals surface area contributed by atoms with Gasteiger partial charge in [-0.1, -0.05) is 24.3 Å². The van der Waals surface area contributed by atoms with Gasteiger partial charge in [-0.05, 0) is 35.0 Å². The fourth-order valence-electron chi connectivity index (χ4n) is 2.35. The van der Waals surface area contributed by atoms with E-state index >= 15 is 0 Å². The predicted octanol–water partition coefficient (Wildman–Crippen LogP) is 3.60. The summed E-state index contributed by atoms with van der Waals surface area (Å²) < 4.78 is 2.62. The largest absolute Gasteiger partial charge is 0.279 e. The number of rotatable bonds is 1. The first-order chi connectivity index (χ1) is 9.83. The van der Waals surface area contributed by atoms with Gasteiger partial charge in [0.15, 0.2) is 0 Å². The number of hydrogen-bond acceptors (Lipinski definition) is 3. The molecule has 20 heavy (non-hydrogen) atoms. The molecule has 0 aliphatic rings. The average molecular weight is 278 g/mol. The van der Waals surface area contributed by atoms with Crippen molar-refractivity contribution in [2.45, 2.75) is 0 Å². The fourth-order valence-corrected chi connectivity index (χ4v) is 3.17. The summed E-state index contributed by atoms with van der Waals surface area (Å²) in [6.07, 6.45) is 1.73. The Bertz CT molecular complexity index is 984. The lowest BCUT2D eigenvalue weighted by Gasteiger charge is -2.05. The number of nitrogens with zero attached hydrogens (tertiary/aromatic N) is 2. The van der Waals surface area contributed by atoms with E-state index in [0.717, 1.165) is 15.8 Å². The van der Waals surface area contributed by atoms with Gasteiger partial charge in [0.1, 0.15) is 0 Å². The first-order valence-corrected chi connectivity index (χ1v) is 7.16. The van der Waals surface area contributed by atoms with Crippen LogP contribution in [0.1, 0.15) is 0 Å². The van der Waals surface area contributed by atoms with Gasteiger partial charge in [-0.2, -0.15) is 9.78 Å². The highest BCUT2D eigenvalue weighted by Gasteiger charge is 2.06. The Kier molecular flexibility index (Phi) is 2.44. The van der Waals surface area contributed by atoms with Crippen molar-refractivity contribution >= 4 is 32.2 Å². The minimum atomic E-state index is -0.0843. The molecule has 4 aromatic rings. The van der Waals surface area contributed by atoms with Crippen molar-refractivity contribution in [3.05, 3.63) is 70.5 Å². The second-order valence-corrected chi connectivity index (χ2v) is 5.54. The van der Waals surface area contributed by atoms with E-state index in [2.05, 4.69) is 11.2 Å². The maximum Gasteiger partial charge on any atom is 0.279 e. The van der Waals surface area contributed by atoms with Gasteiger partial charge in [-0.15, -0.1) is 11.3 Å². The number of aromatic nitrogens is 2. The quantitative estimate of drug-likeness (QED) is 0.533. The molecule has 0 saturated carbocycles. The summed E-state index contributed by atoms with van der Waals surface area (Å²) in [6, 6.07) is 15.5. The monoisotopic (exact) mass is 278 g/mol. The highest BCUT2D eigenvalue weighted by molar-refractivity contribution is 7.17. The first-order valence-electron chi connectivity index (χ1n) is 6.28. The van der Waals surface area contributed by atoms with Gasteiger partial charge in [-0.3, -0.25) is 4.79 Å². The lowest BCUT2D eigenvalue weighted by Crippen LogP contribution is -2.20. The second kappa shape index (κ2) is 4.28. The summed E-state index contributed by atoms with van der Waals surface area (Å²) in [6.45, 7) is 0. The van der Waals surface area contributed by atoms with Crippen molar-refractivity contribution < 1.29 is 0 Å². The van der Waals surface area contributed by atoms with Crippen molar-refractivity contribution in [1.29, 1.82) is 0 Å². The Hall–Kier alpha value is -2.46. The van der Waals surface area contributed by atoms with Crippen LogP contribution in [0.15, 0.2) is 64.9 Å². The number of fused-ring (bicyclic) bond motifs is 2. The van der Waals surface area contributed by atoms with E-state index in [4.69, 9.17) is 0 Å². The average Bonchev–Trinajstić information content (AvgIpc) is 2.95. The standard InChI is InChI=1S/C16H10N2OS/c19-16-14-4-2-1-3-12(14)10-17-18(16)13-6-5-11-7-8-20-15(11)9-13/h1-10H. The van der Waals surface area contributed by atoms with Crippen LogP contribution in [0.4, 0.5) is 0 Å². The van der Waals surface area contributed by atoms with Crippen molar-refractivity contribution in [2.75, 3.05) is 0 Å². The van der Waals surface area contributed by atoms with Crippen LogP contribution in [-0.4, -0.2) is 9.78 Å². The summed E-state index contributed by atoms with van der Waals surface area (Å²) in [5.41, 5.74) is 0.717. The molecule has 0 aliphatic carbocycles. The molecule has 96 valence electrons. The zero-order valence-corrected chi connectivity index (χ0v) is 11.3. The van der Waals surface area contributed by atoms with Gasteiger partial charge in [0, 0.05) is 10.1 Å². The molecule has 0 amide bonds. The molecule has 0 bridgehead atoms. The summed E-state index contributed by atoms with van der Waals surface area (Å²) >= 11 is 1.66. The van der Waals surface area contributed by atoms with E-state index in [9.17, 15) is 4.79 Å². The fraction of sp³-hybridized carbons (Fsp3) is 0. The Balaban J connectivity index is 2.01. The molecule has 4 heteroatoms. The molecular formula is C16H10N2OS. The van der Waals surface area contributed by atoms with Crippen molar-refractivity contribution in [3.8, 4) is 5.69 Å². The van der Waals surface area contributed by atoms with Crippen LogP contribution in [0, 0.1) is 0 Å². The van der Waals surface area contributed by atoms with E-state index in [0.29, 0.717) is 5.39 Å². The molecule has 0 radical (unpaired) electrons. The molecular weight excluding hydrogens is 268 g/mol. The summed E-state index contributed by atoms with van der Waals surface area (Å²) in [5, 5.41) is 9.07. The van der Waals surface area contributed by atoms with Crippen LogP contribution in [0.25, 0.3) is 26.5 Å². The highest BCUT2D eigenvalue weighted by Crippen LogP contribution is 2.23. The Morgan fingerprint density at radius 3 is 2.85 bits per heavy atom. The van der Waals surface area contributed by atoms with Crippen LogP contribution in [-0.2, 0) is 0 Å². The molecule has 3 nitrogen and oxygen atoms in total. The van der Waals surface area contributed by atoms with Crippen molar-refractivity contribution in [2.24, 2.45) is 0 Å². The smallest absolute Gasteiger partial charge is 0.267 e. The van der Waals surface area contributed by atoms with Crippen LogP contribution >= 0.6 is 11.3 Å². The third kappa shape index (κ3) is 1.66. The zero-order valence-electron chi connectivity index (χ0n) is 10.5. The summed E-state index contributed by atoms with van der Waals surface area (Å²) in [5.74, 6) is 0. The molecule has 0 saturated heterocycles. The van der Waals surface area contributed by atoms with Crippen molar-refractivity contribution in [1.82, 2.24) is 9.78 Å².